The van der Waals surface area contributed by atoms with Crippen molar-refractivity contribution in [1.29, 1.82) is 0 Å². The average molecular weight is 336 g/mol. The zero-order chi connectivity index (χ0) is 16.4. The van der Waals surface area contributed by atoms with Crippen LogP contribution in [0.3, 0.4) is 0 Å². The van der Waals surface area contributed by atoms with E-state index in [1.165, 1.54) is 11.3 Å². The Morgan fingerprint density at radius 1 is 1.26 bits per heavy atom. The number of halogens is 1. The van der Waals surface area contributed by atoms with Crippen LogP contribution in [-0.4, -0.2) is 29.5 Å². The molecule has 0 bridgehead atoms. The van der Waals surface area contributed by atoms with Crippen LogP contribution in [0.5, 0.6) is 11.5 Å². The summed E-state index contributed by atoms with van der Waals surface area (Å²) in [6, 6.07) is 3.97. The minimum Gasteiger partial charge on any atom is -0.486 e. The van der Waals surface area contributed by atoms with Gasteiger partial charge in [0.15, 0.2) is 11.5 Å². The lowest BCUT2D eigenvalue weighted by Gasteiger charge is -2.20. The van der Waals surface area contributed by atoms with E-state index in [1.54, 1.807) is 0 Å². The largest absolute Gasteiger partial charge is 0.486 e. The summed E-state index contributed by atoms with van der Waals surface area (Å²) in [6.07, 6.45) is 0.884. The van der Waals surface area contributed by atoms with Crippen LogP contribution in [-0.2, 0) is 20.0 Å². The van der Waals surface area contributed by atoms with Gasteiger partial charge in [0.1, 0.15) is 13.2 Å². The van der Waals surface area contributed by atoms with E-state index in [0.29, 0.717) is 24.0 Å². The SMILES string of the molecule is Cc1nn(C)c(C)c1CNCCc1cc(Cl)c2c(c1)OCCO2. The molecular weight excluding hydrogens is 314 g/mol. The smallest absolute Gasteiger partial charge is 0.179 e. The normalized spacial score (nSPS) is 13.4. The third-order valence-corrected chi connectivity index (χ3v) is 4.49. The fourth-order valence-electron chi connectivity index (χ4n) is 2.83. The van der Waals surface area contributed by atoms with Crippen molar-refractivity contribution in [2.75, 3.05) is 19.8 Å². The second kappa shape index (κ2) is 6.81. The highest BCUT2D eigenvalue weighted by molar-refractivity contribution is 6.32. The Morgan fingerprint density at radius 2 is 2.04 bits per heavy atom. The molecule has 0 unspecified atom stereocenters. The highest BCUT2D eigenvalue weighted by atomic mass is 35.5. The number of hydrogen-bond acceptors (Lipinski definition) is 4. The second-order valence-corrected chi connectivity index (χ2v) is 6.21. The Kier molecular flexibility index (Phi) is 4.78. The van der Waals surface area contributed by atoms with Crippen LogP contribution in [0.1, 0.15) is 22.5 Å². The van der Waals surface area contributed by atoms with Crippen LogP contribution in [0.4, 0.5) is 0 Å². The molecule has 1 N–H and O–H groups in total. The third kappa shape index (κ3) is 3.46. The summed E-state index contributed by atoms with van der Waals surface area (Å²) in [5.41, 5.74) is 4.70. The predicted molar refractivity (Wildman–Crippen MR) is 90.5 cm³/mol. The van der Waals surface area contributed by atoms with E-state index in [2.05, 4.69) is 17.3 Å². The molecule has 1 aliphatic heterocycles. The molecule has 0 saturated carbocycles. The molecule has 23 heavy (non-hydrogen) atoms. The van der Waals surface area contributed by atoms with Crippen molar-refractivity contribution in [1.82, 2.24) is 15.1 Å². The van der Waals surface area contributed by atoms with Gasteiger partial charge in [0.25, 0.3) is 0 Å². The summed E-state index contributed by atoms with van der Waals surface area (Å²) in [5.74, 6) is 1.41. The van der Waals surface area contributed by atoms with Crippen LogP contribution in [0.25, 0.3) is 0 Å². The van der Waals surface area contributed by atoms with Gasteiger partial charge >= 0.3 is 0 Å². The van der Waals surface area contributed by atoms with Gasteiger partial charge in [-0.1, -0.05) is 11.6 Å². The number of benzene rings is 1. The van der Waals surface area contributed by atoms with Gasteiger partial charge in [-0.05, 0) is 44.5 Å². The molecule has 2 heterocycles. The number of nitrogens with zero attached hydrogens (tertiary/aromatic N) is 2. The van der Waals surface area contributed by atoms with Crippen molar-refractivity contribution < 1.29 is 9.47 Å². The number of ether oxygens (including phenoxy) is 2. The zero-order valence-electron chi connectivity index (χ0n) is 13.8. The van der Waals surface area contributed by atoms with Gasteiger partial charge in [0.05, 0.1) is 10.7 Å². The first-order valence-corrected chi connectivity index (χ1v) is 8.22. The maximum absolute atomic E-state index is 6.26. The molecule has 0 atom stereocenters. The summed E-state index contributed by atoms with van der Waals surface area (Å²) in [7, 11) is 1.98. The summed E-state index contributed by atoms with van der Waals surface area (Å²) in [4.78, 5) is 0. The molecule has 1 aromatic carbocycles. The summed E-state index contributed by atoms with van der Waals surface area (Å²) < 4.78 is 13.1. The zero-order valence-corrected chi connectivity index (χ0v) is 14.5. The maximum atomic E-state index is 6.26. The van der Waals surface area contributed by atoms with Crippen molar-refractivity contribution in [2.24, 2.45) is 7.05 Å². The predicted octanol–water partition coefficient (Wildman–Crippen LogP) is 2.79. The van der Waals surface area contributed by atoms with Crippen LogP contribution in [0.2, 0.25) is 5.02 Å². The first-order valence-electron chi connectivity index (χ1n) is 7.84. The molecular formula is C17H22ClN3O2. The number of aryl methyl sites for hydroxylation is 2. The van der Waals surface area contributed by atoms with E-state index in [9.17, 15) is 0 Å². The number of aromatic nitrogens is 2. The minimum absolute atomic E-state index is 0.553. The van der Waals surface area contributed by atoms with E-state index < -0.39 is 0 Å². The molecule has 5 nitrogen and oxygen atoms in total. The van der Waals surface area contributed by atoms with E-state index in [4.69, 9.17) is 21.1 Å². The average Bonchev–Trinajstić information content (AvgIpc) is 2.77. The number of nitrogens with one attached hydrogen (secondary N) is 1. The molecule has 0 saturated heterocycles. The third-order valence-electron chi connectivity index (χ3n) is 4.21. The number of rotatable bonds is 5. The topological polar surface area (TPSA) is 48.3 Å². The van der Waals surface area contributed by atoms with Gasteiger partial charge in [-0.15, -0.1) is 0 Å². The highest BCUT2D eigenvalue weighted by Gasteiger charge is 2.16. The van der Waals surface area contributed by atoms with Gasteiger partial charge < -0.3 is 14.8 Å². The molecule has 1 aliphatic rings. The molecule has 0 amide bonds. The molecule has 2 aromatic rings. The number of hydrogen-bond donors (Lipinski definition) is 1. The summed E-state index contributed by atoms with van der Waals surface area (Å²) in [5, 5.41) is 8.53. The Hall–Kier alpha value is -1.72. The molecule has 124 valence electrons. The van der Waals surface area contributed by atoms with E-state index in [0.717, 1.165) is 36.5 Å². The highest BCUT2D eigenvalue weighted by Crippen LogP contribution is 2.38. The fraction of sp³-hybridized carbons (Fsp3) is 0.471. The standard InChI is InChI=1S/C17H22ClN3O2/c1-11-14(12(2)21(3)20-11)10-19-5-4-13-8-15(18)17-16(9-13)22-6-7-23-17/h8-9,19H,4-7,10H2,1-3H3. The molecule has 1 aromatic heterocycles. The summed E-state index contributed by atoms with van der Waals surface area (Å²) in [6.45, 7) is 6.96. The molecule has 0 aliphatic carbocycles. The Morgan fingerprint density at radius 3 is 2.78 bits per heavy atom. The van der Waals surface area contributed by atoms with Crippen molar-refractivity contribution in [2.45, 2.75) is 26.8 Å². The lowest BCUT2D eigenvalue weighted by molar-refractivity contribution is 0.171. The summed E-state index contributed by atoms with van der Waals surface area (Å²) >= 11 is 6.26. The van der Waals surface area contributed by atoms with Crippen LogP contribution >= 0.6 is 11.6 Å². The molecule has 0 fully saturated rings. The van der Waals surface area contributed by atoms with Crippen LogP contribution in [0.15, 0.2) is 12.1 Å². The Bertz CT molecular complexity index is 712. The van der Waals surface area contributed by atoms with E-state index >= 15 is 0 Å². The van der Waals surface area contributed by atoms with E-state index in [-0.39, 0.29) is 0 Å². The first kappa shape index (κ1) is 16.1. The minimum atomic E-state index is 0.553. The van der Waals surface area contributed by atoms with Crippen LogP contribution < -0.4 is 14.8 Å². The van der Waals surface area contributed by atoms with Gasteiger partial charge in [-0.25, -0.2) is 0 Å². The van der Waals surface area contributed by atoms with Gasteiger partial charge in [0.2, 0.25) is 0 Å². The number of fused-ring (bicyclic) bond motifs is 1. The maximum Gasteiger partial charge on any atom is 0.179 e. The monoisotopic (exact) mass is 335 g/mol. The lowest BCUT2D eigenvalue weighted by atomic mass is 10.1. The van der Waals surface area contributed by atoms with E-state index in [1.807, 2.05) is 30.8 Å². The van der Waals surface area contributed by atoms with Gasteiger partial charge in [-0.3, -0.25) is 4.68 Å². The van der Waals surface area contributed by atoms with Gasteiger partial charge in [-0.2, -0.15) is 5.10 Å². The van der Waals surface area contributed by atoms with Crippen molar-refractivity contribution in [3.63, 3.8) is 0 Å². The van der Waals surface area contributed by atoms with Crippen LogP contribution in [0, 0.1) is 13.8 Å². The quantitative estimate of drug-likeness (QED) is 0.854. The van der Waals surface area contributed by atoms with Crippen molar-refractivity contribution >= 4 is 11.6 Å². The van der Waals surface area contributed by atoms with Crippen molar-refractivity contribution in [3.8, 4) is 11.5 Å². The fourth-order valence-corrected chi connectivity index (χ4v) is 3.12. The molecule has 0 spiro atoms. The lowest BCUT2D eigenvalue weighted by Crippen LogP contribution is -2.18. The molecule has 0 radical (unpaired) electrons. The Balaban J connectivity index is 1.58. The molecule has 3 rings (SSSR count). The second-order valence-electron chi connectivity index (χ2n) is 5.80. The molecule has 6 heteroatoms. The van der Waals surface area contributed by atoms with Gasteiger partial charge in [0, 0.05) is 24.8 Å². The van der Waals surface area contributed by atoms with Crippen molar-refractivity contribution in [3.05, 3.63) is 39.7 Å². The Labute approximate surface area is 141 Å². The first-order chi connectivity index (χ1) is 11.1.